The van der Waals surface area contributed by atoms with Crippen LogP contribution in [0.25, 0.3) is 10.2 Å². The molecule has 0 fully saturated rings. The molecule has 2 aromatic rings. The molecule has 0 spiro atoms. The van der Waals surface area contributed by atoms with Gasteiger partial charge in [0.1, 0.15) is 11.4 Å². The number of hydrogen-bond acceptors (Lipinski definition) is 6. The first kappa shape index (κ1) is 17.1. The topological polar surface area (TPSA) is 73.7 Å². The van der Waals surface area contributed by atoms with E-state index in [0.717, 1.165) is 21.7 Å². The van der Waals surface area contributed by atoms with E-state index in [1.807, 2.05) is 0 Å². The van der Waals surface area contributed by atoms with Crippen LogP contribution in [0.5, 0.6) is 0 Å². The lowest BCUT2D eigenvalue weighted by Crippen LogP contribution is -2.37. The van der Waals surface area contributed by atoms with Crippen molar-refractivity contribution in [3.05, 3.63) is 27.1 Å². The van der Waals surface area contributed by atoms with Crippen LogP contribution in [0, 0.1) is 0 Å². The Bertz CT molecular complexity index is 798. The van der Waals surface area contributed by atoms with Crippen molar-refractivity contribution < 1.29 is 14.3 Å². The molecule has 1 aliphatic rings. The first-order chi connectivity index (χ1) is 11.7. The molecule has 130 valence electrons. The zero-order valence-electron chi connectivity index (χ0n) is 13.9. The average molecular weight is 351 g/mol. The maximum atomic E-state index is 12.8. The molecular weight excluding hydrogens is 330 g/mol. The number of amides is 1. The van der Waals surface area contributed by atoms with Crippen molar-refractivity contribution in [1.29, 1.82) is 0 Å². The number of aryl methyl sites for hydroxylation is 1. The van der Waals surface area contributed by atoms with Gasteiger partial charge in [-0.25, -0.2) is 4.98 Å². The van der Waals surface area contributed by atoms with Gasteiger partial charge in [0.25, 0.3) is 5.56 Å². The van der Waals surface area contributed by atoms with Gasteiger partial charge in [-0.15, -0.1) is 11.3 Å². The lowest BCUT2D eigenvalue weighted by molar-refractivity contribution is -0.136. The first-order valence-electron chi connectivity index (χ1n) is 7.91. The van der Waals surface area contributed by atoms with Crippen LogP contribution in [-0.4, -0.2) is 54.3 Å². The molecule has 1 amide bonds. The zero-order chi connectivity index (χ0) is 17.1. The Labute approximate surface area is 143 Å². The Hall–Kier alpha value is -1.77. The van der Waals surface area contributed by atoms with Crippen LogP contribution >= 0.6 is 11.3 Å². The lowest BCUT2D eigenvalue weighted by Gasteiger charge is -2.26. The number of fused-ring (bicyclic) bond motifs is 3. The summed E-state index contributed by atoms with van der Waals surface area (Å²) >= 11 is 1.51. The van der Waals surface area contributed by atoms with Crippen molar-refractivity contribution in [1.82, 2.24) is 14.5 Å². The monoisotopic (exact) mass is 351 g/mol. The second-order valence-electron chi connectivity index (χ2n) is 5.77. The third-order valence-corrected chi connectivity index (χ3v) is 5.32. The zero-order valence-corrected chi connectivity index (χ0v) is 14.7. The quantitative estimate of drug-likeness (QED) is 0.727. The molecule has 0 aliphatic carbocycles. The van der Waals surface area contributed by atoms with Gasteiger partial charge in [-0.2, -0.15) is 0 Å². The summed E-state index contributed by atoms with van der Waals surface area (Å²) in [5.74, 6) is -0.0226. The third-order valence-electron chi connectivity index (χ3n) is 4.20. The van der Waals surface area contributed by atoms with E-state index in [0.29, 0.717) is 38.0 Å². The highest BCUT2D eigenvalue weighted by Crippen LogP contribution is 2.32. The van der Waals surface area contributed by atoms with Gasteiger partial charge in [0, 0.05) is 38.8 Å². The molecule has 24 heavy (non-hydrogen) atoms. The Kier molecular flexibility index (Phi) is 5.27. The molecule has 0 aromatic carbocycles. The fourth-order valence-electron chi connectivity index (χ4n) is 2.98. The molecule has 0 bridgehead atoms. The largest absolute Gasteiger partial charge is 0.385 e. The summed E-state index contributed by atoms with van der Waals surface area (Å²) in [5, 5.41) is 0.716. The first-order valence-corrected chi connectivity index (χ1v) is 8.72. The summed E-state index contributed by atoms with van der Waals surface area (Å²) in [6.07, 6.45) is 3.06. The number of rotatable bonds is 6. The Balaban J connectivity index is 1.89. The third kappa shape index (κ3) is 3.22. The minimum absolute atomic E-state index is 0.00488. The van der Waals surface area contributed by atoms with Gasteiger partial charge in [-0.3, -0.25) is 14.2 Å². The summed E-state index contributed by atoms with van der Waals surface area (Å²) in [6.45, 7) is 2.44. The van der Waals surface area contributed by atoms with Crippen molar-refractivity contribution in [3.63, 3.8) is 0 Å². The van der Waals surface area contributed by atoms with Crippen LogP contribution in [0.3, 0.4) is 0 Å². The summed E-state index contributed by atoms with van der Waals surface area (Å²) in [7, 11) is 3.17. The molecule has 3 rings (SSSR count). The molecule has 1 aliphatic heterocycles. The Morgan fingerprint density at radius 2 is 2.21 bits per heavy atom. The highest BCUT2D eigenvalue weighted by atomic mass is 32.1. The molecule has 0 saturated carbocycles. The van der Waals surface area contributed by atoms with Gasteiger partial charge in [0.05, 0.1) is 18.3 Å². The Morgan fingerprint density at radius 1 is 1.38 bits per heavy atom. The summed E-state index contributed by atoms with van der Waals surface area (Å²) in [6, 6.07) is 0. The molecule has 3 heterocycles. The number of methoxy groups -OCH3 is 2. The maximum absolute atomic E-state index is 12.8. The molecular formula is C16H21N3O4S. The predicted molar refractivity (Wildman–Crippen MR) is 91.4 cm³/mol. The highest BCUT2D eigenvalue weighted by Gasteiger charge is 2.26. The number of aromatic nitrogens is 2. The van der Waals surface area contributed by atoms with E-state index in [4.69, 9.17) is 9.47 Å². The molecule has 0 unspecified atom stereocenters. The van der Waals surface area contributed by atoms with Gasteiger partial charge in [-0.05, 0) is 18.4 Å². The molecule has 8 heteroatoms. The lowest BCUT2D eigenvalue weighted by atomic mass is 10.1. The highest BCUT2D eigenvalue weighted by molar-refractivity contribution is 7.18. The van der Waals surface area contributed by atoms with E-state index in [9.17, 15) is 9.59 Å². The van der Waals surface area contributed by atoms with Crippen LogP contribution < -0.4 is 5.56 Å². The minimum atomic E-state index is -0.0226. The fraction of sp³-hybridized carbons (Fsp3) is 0.562. The fourth-order valence-corrected chi connectivity index (χ4v) is 4.18. The number of ether oxygens (including phenoxy) is 2. The SMILES string of the molecule is COCCCn1cnc2sc3c(c2c1=O)CCN(C(=O)COC)C3. The van der Waals surface area contributed by atoms with E-state index in [1.54, 1.807) is 22.9 Å². The number of nitrogens with zero attached hydrogens (tertiary/aromatic N) is 3. The number of carbonyl (C=O) groups excluding carboxylic acids is 1. The van der Waals surface area contributed by atoms with Gasteiger partial charge >= 0.3 is 0 Å². The summed E-state index contributed by atoms with van der Waals surface area (Å²) in [4.78, 5) is 32.8. The maximum Gasteiger partial charge on any atom is 0.262 e. The van der Waals surface area contributed by atoms with E-state index in [2.05, 4.69) is 4.98 Å². The van der Waals surface area contributed by atoms with Crippen molar-refractivity contribution in [2.75, 3.05) is 34.0 Å². The van der Waals surface area contributed by atoms with E-state index in [-0.39, 0.29) is 18.1 Å². The standard InChI is InChI=1S/C16H21N3O4S/c1-22-7-3-5-19-10-17-15-14(16(19)21)11-4-6-18(8-12(11)24-15)13(20)9-23-2/h10H,3-9H2,1-2H3. The minimum Gasteiger partial charge on any atom is -0.385 e. The van der Waals surface area contributed by atoms with Crippen molar-refractivity contribution in [3.8, 4) is 0 Å². The molecule has 0 saturated heterocycles. The normalized spacial score (nSPS) is 14.2. The number of thiophene rings is 1. The molecule has 0 N–H and O–H groups in total. The van der Waals surface area contributed by atoms with Crippen molar-refractivity contribution in [2.24, 2.45) is 0 Å². The van der Waals surface area contributed by atoms with Crippen LogP contribution in [0.15, 0.2) is 11.1 Å². The van der Waals surface area contributed by atoms with Gasteiger partial charge in [0.2, 0.25) is 5.91 Å². The molecule has 2 aromatic heterocycles. The molecule has 0 atom stereocenters. The second-order valence-corrected chi connectivity index (χ2v) is 6.86. The number of hydrogen-bond donors (Lipinski definition) is 0. The van der Waals surface area contributed by atoms with Crippen LogP contribution in [0.1, 0.15) is 16.9 Å². The van der Waals surface area contributed by atoms with Gasteiger partial charge in [-0.1, -0.05) is 0 Å². The van der Waals surface area contributed by atoms with E-state index < -0.39 is 0 Å². The number of carbonyl (C=O) groups is 1. The van der Waals surface area contributed by atoms with Crippen LogP contribution in [0.2, 0.25) is 0 Å². The molecule has 0 radical (unpaired) electrons. The van der Waals surface area contributed by atoms with E-state index >= 15 is 0 Å². The molecule has 7 nitrogen and oxygen atoms in total. The second kappa shape index (κ2) is 7.42. The van der Waals surface area contributed by atoms with Crippen molar-refractivity contribution >= 4 is 27.5 Å². The van der Waals surface area contributed by atoms with Gasteiger partial charge < -0.3 is 14.4 Å². The summed E-state index contributed by atoms with van der Waals surface area (Å²) < 4.78 is 11.6. The summed E-state index contributed by atoms with van der Waals surface area (Å²) in [5.41, 5.74) is 1.06. The predicted octanol–water partition coefficient (Wildman–Crippen LogP) is 1.03. The van der Waals surface area contributed by atoms with E-state index in [1.165, 1.54) is 18.4 Å². The smallest absolute Gasteiger partial charge is 0.262 e. The van der Waals surface area contributed by atoms with Crippen LogP contribution in [0.4, 0.5) is 0 Å². The van der Waals surface area contributed by atoms with Crippen LogP contribution in [-0.2, 0) is 33.8 Å². The Morgan fingerprint density at radius 3 is 2.96 bits per heavy atom. The average Bonchev–Trinajstić information content (AvgIpc) is 2.95. The van der Waals surface area contributed by atoms with Crippen molar-refractivity contribution in [2.45, 2.75) is 25.9 Å². The van der Waals surface area contributed by atoms with Gasteiger partial charge in [0.15, 0.2) is 0 Å².